The number of ether oxygens (including phenoxy) is 2. The summed E-state index contributed by atoms with van der Waals surface area (Å²) in [4.78, 5) is 34.7. The van der Waals surface area contributed by atoms with E-state index in [-0.39, 0.29) is 17.4 Å². The molecule has 2 aliphatic heterocycles. The SMILES string of the molecule is COc1ccc2c(c1)C1CC1(CON1CCCN(C(=O)OC(C)(C)C)CC1)Cn1c-2c(C2CCCCC2)c2ccc(C(=O)NS(=O)(=O)C3CC3)cc21. The van der Waals surface area contributed by atoms with Crippen molar-refractivity contribution >= 4 is 32.9 Å². The van der Waals surface area contributed by atoms with Crippen molar-refractivity contribution in [1.82, 2.24) is 19.3 Å². The van der Waals surface area contributed by atoms with E-state index in [4.69, 9.17) is 14.3 Å². The van der Waals surface area contributed by atoms with E-state index in [0.29, 0.717) is 57.1 Å². The van der Waals surface area contributed by atoms with Gasteiger partial charge in [-0.05, 0) is 113 Å². The minimum absolute atomic E-state index is 0.202. The zero-order valence-corrected chi connectivity index (χ0v) is 31.7. The fourth-order valence-corrected chi connectivity index (χ4v) is 10.1. The number of hydroxylamine groups is 2. The number of aromatic nitrogens is 1. The summed E-state index contributed by atoms with van der Waals surface area (Å²) in [6.45, 7) is 9.34. The lowest BCUT2D eigenvalue weighted by Gasteiger charge is -2.27. The summed E-state index contributed by atoms with van der Waals surface area (Å²) in [5, 5.41) is 2.67. The van der Waals surface area contributed by atoms with E-state index in [1.807, 2.05) is 44.0 Å². The zero-order valence-electron chi connectivity index (χ0n) is 30.9. The van der Waals surface area contributed by atoms with Gasteiger partial charge in [0.15, 0.2) is 0 Å². The molecular weight excluding hydrogens is 681 g/mol. The van der Waals surface area contributed by atoms with Crippen LogP contribution in [0, 0.1) is 5.41 Å². The average Bonchev–Trinajstić information content (AvgIpc) is 4.03. The molecule has 3 aliphatic carbocycles. The van der Waals surface area contributed by atoms with Crippen LogP contribution in [0.15, 0.2) is 36.4 Å². The summed E-state index contributed by atoms with van der Waals surface area (Å²) in [5.41, 5.74) is 5.58. The Kier molecular flexibility index (Phi) is 9.10. The first-order valence-corrected chi connectivity index (χ1v) is 20.7. The van der Waals surface area contributed by atoms with Crippen molar-refractivity contribution in [2.45, 2.75) is 108 Å². The summed E-state index contributed by atoms with van der Waals surface area (Å²) in [6, 6.07) is 12.2. The zero-order chi connectivity index (χ0) is 36.4. The number of carbonyl (C=O) groups is 2. The Morgan fingerprint density at radius 3 is 2.46 bits per heavy atom. The third-order valence-electron chi connectivity index (χ3n) is 11.8. The van der Waals surface area contributed by atoms with Gasteiger partial charge in [-0.3, -0.25) is 9.63 Å². The Labute approximate surface area is 306 Å². The standard InChI is InChI=1S/C40H52N4O7S/c1-39(2,3)51-38(46)42-17-8-18-43(20-19-42)50-25-40-23-33(40)32-22-28(49-4)12-16-30(32)36-35(26-9-6-5-7-10-26)31-15-11-27(21-34(31)44(36)24-40)37(45)41-52(47,48)29-13-14-29/h11-12,15-16,21-22,26,29,33H,5-10,13-14,17-20,23-25H2,1-4H3,(H,41,45). The lowest BCUT2D eigenvalue weighted by atomic mass is 9.81. The first kappa shape index (κ1) is 35.4. The third kappa shape index (κ3) is 6.82. The molecule has 2 amide bonds. The van der Waals surface area contributed by atoms with Crippen molar-refractivity contribution in [3.63, 3.8) is 0 Å². The van der Waals surface area contributed by atoms with E-state index in [1.54, 1.807) is 18.1 Å². The second-order valence-electron chi connectivity index (χ2n) is 16.7. The molecule has 2 atom stereocenters. The maximum Gasteiger partial charge on any atom is 0.410 e. The average molecular weight is 733 g/mol. The van der Waals surface area contributed by atoms with Gasteiger partial charge >= 0.3 is 6.09 Å². The third-order valence-corrected chi connectivity index (χ3v) is 13.6. The summed E-state index contributed by atoms with van der Waals surface area (Å²) < 4.78 is 41.7. The molecular formula is C40H52N4O7S. The largest absolute Gasteiger partial charge is 0.497 e. The van der Waals surface area contributed by atoms with Crippen LogP contribution in [0.4, 0.5) is 4.79 Å². The number of nitrogens with one attached hydrogen (secondary N) is 1. The van der Waals surface area contributed by atoms with Crippen molar-refractivity contribution in [2.75, 3.05) is 39.9 Å². The van der Waals surface area contributed by atoms with Crippen LogP contribution in [0.25, 0.3) is 22.2 Å². The minimum atomic E-state index is -3.69. The molecule has 52 heavy (non-hydrogen) atoms. The van der Waals surface area contributed by atoms with Crippen LogP contribution < -0.4 is 9.46 Å². The maximum atomic E-state index is 13.5. The number of amides is 2. The number of hydrogen-bond acceptors (Lipinski definition) is 8. The van der Waals surface area contributed by atoms with Crippen LogP contribution in [0.3, 0.4) is 0 Å². The Morgan fingerprint density at radius 2 is 1.73 bits per heavy atom. The lowest BCUT2D eigenvalue weighted by molar-refractivity contribution is -0.171. The highest BCUT2D eigenvalue weighted by molar-refractivity contribution is 7.91. The molecule has 3 heterocycles. The number of benzene rings is 2. The Bertz CT molecular complexity index is 1990. The van der Waals surface area contributed by atoms with E-state index >= 15 is 0 Å². The highest BCUT2D eigenvalue weighted by Gasteiger charge is 2.58. The second-order valence-corrected chi connectivity index (χ2v) is 18.6. The second kappa shape index (κ2) is 13.4. The molecule has 0 radical (unpaired) electrons. The molecule has 0 spiro atoms. The molecule has 12 heteroatoms. The summed E-state index contributed by atoms with van der Waals surface area (Å²) in [7, 11) is -1.98. The van der Waals surface area contributed by atoms with Crippen LogP contribution in [-0.2, 0) is 26.1 Å². The summed E-state index contributed by atoms with van der Waals surface area (Å²) in [6.07, 6.45) is 8.48. The van der Waals surface area contributed by atoms with Crippen molar-refractivity contribution in [2.24, 2.45) is 5.41 Å². The normalized spacial score (nSPS) is 23.9. The number of hydrogen-bond donors (Lipinski definition) is 1. The predicted octanol–water partition coefficient (Wildman–Crippen LogP) is 6.95. The summed E-state index contributed by atoms with van der Waals surface area (Å²) in [5.74, 6) is 0.900. The molecule has 3 aromatic rings. The number of rotatable bonds is 8. The van der Waals surface area contributed by atoms with Gasteiger partial charge in [0.05, 0.1) is 24.7 Å². The smallest absolute Gasteiger partial charge is 0.410 e. The molecule has 8 rings (SSSR count). The van der Waals surface area contributed by atoms with Crippen molar-refractivity contribution < 1.29 is 32.3 Å². The highest BCUT2D eigenvalue weighted by Crippen LogP contribution is 2.65. The van der Waals surface area contributed by atoms with Crippen LogP contribution in [0.2, 0.25) is 0 Å². The highest BCUT2D eigenvalue weighted by atomic mass is 32.2. The fourth-order valence-electron chi connectivity index (χ4n) is 8.83. The molecule has 2 unspecified atom stereocenters. The predicted molar refractivity (Wildman–Crippen MR) is 199 cm³/mol. The molecule has 4 fully saturated rings. The Morgan fingerprint density at radius 1 is 0.942 bits per heavy atom. The molecule has 1 aromatic heterocycles. The molecule has 3 saturated carbocycles. The van der Waals surface area contributed by atoms with Gasteiger partial charge in [0.1, 0.15) is 11.4 Å². The Hall–Kier alpha value is -3.61. The first-order chi connectivity index (χ1) is 24.9. The van der Waals surface area contributed by atoms with Crippen LogP contribution in [0.1, 0.15) is 112 Å². The molecule has 1 saturated heterocycles. The number of carbonyl (C=O) groups excluding carboxylic acids is 2. The maximum absolute atomic E-state index is 13.5. The monoisotopic (exact) mass is 732 g/mol. The van der Waals surface area contributed by atoms with Crippen LogP contribution >= 0.6 is 0 Å². The van der Waals surface area contributed by atoms with Crippen molar-refractivity contribution in [1.29, 1.82) is 0 Å². The van der Waals surface area contributed by atoms with Crippen molar-refractivity contribution in [3.05, 3.63) is 53.1 Å². The number of nitrogens with zero attached hydrogens (tertiary/aromatic N) is 3. The Balaban J connectivity index is 1.15. The first-order valence-electron chi connectivity index (χ1n) is 19.1. The molecule has 11 nitrogen and oxygen atoms in total. The van der Waals surface area contributed by atoms with Gasteiger partial charge in [0, 0.05) is 60.2 Å². The van der Waals surface area contributed by atoms with E-state index in [9.17, 15) is 18.0 Å². The molecule has 280 valence electrons. The van der Waals surface area contributed by atoms with Gasteiger partial charge in [-0.2, -0.15) is 5.06 Å². The number of sulfonamides is 1. The lowest BCUT2D eigenvalue weighted by Crippen LogP contribution is -2.39. The van der Waals surface area contributed by atoms with Gasteiger partial charge in [-0.1, -0.05) is 25.3 Å². The van der Waals surface area contributed by atoms with Gasteiger partial charge in [0.25, 0.3) is 5.91 Å². The van der Waals surface area contributed by atoms with Gasteiger partial charge in [-0.15, -0.1) is 0 Å². The van der Waals surface area contributed by atoms with Gasteiger partial charge < -0.3 is 18.9 Å². The van der Waals surface area contributed by atoms with Gasteiger partial charge in [-0.25, -0.2) is 17.9 Å². The molecule has 1 N–H and O–H groups in total. The fraction of sp³-hybridized carbons (Fsp3) is 0.600. The van der Waals surface area contributed by atoms with Crippen LogP contribution in [-0.4, -0.2) is 85.7 Å². The minimum Gasteiger partial charge on any atom is -0.497 e. The van der Waals surface area contributed by atoms with E-state index in [2.05, 4.69) is 21.4 Å². The molecule has 0 bridgehead atoms. The summed E-state index contributed by atoms with van der Waals surface area (Å²) >= 11 is 0. The van der Waals surface area contributed by atoms with Crippen LogP contribution in [0.5, 0.6) is 5.75 Å². The topological polar surface area (TPSA) is 119 Å². The van der Waals surface area contributed by atoms with E-state index in [1.165, 1.54) is 41.6 Å². The van der Waals surface area contributed by atoms with E-state index < -0.39 is 26.8 Å². The number of fused-ring (bicyclic) bond motifs is 7. The number of methoxy groups -OCH3 is 1. The van der Waals surface area contributed by atoms with Gasteiger partial charge in [0.2, 0.25) is 10.0 Å². The quantitative estimate of drug-likeness (QED) is 0.265. The molecule has 5 aliphatic rings. The molecule has 2 aromatic carbocycles. The van der Waals surface area contributed by atoms with Crippen molar-refractivity contribution in [3.8, 4) is 17.0 Å². The van der Waals surface area contributed by atoms with E-state index in [0.717, 1.165) is 48.9 Å².